The standard InChI is InChI=1S/C17H18ClN3O4/c1-11-15(16(18)21(19-11)12-5-3-2-4-6-12)17(24)20-7-8-25-13(10-20)9-14(22)23/h2-6,13H,7-10H2,1H3,(H,22,23). The Morgan fingerprint density at radius 1 is 1.36 bits per heavy atom. The minimum Gasteiger partial charge on any atom is -0.481 e. The van der Waals surface area contributed by atoms with Crippen LogP contribution in [0.5, 0.6) is 0 Å². The molecule has 0 radical (unpaired) electrons. The number of aromatic nitrogens is 2. The zero-order chi connectivity index (χ0) is 18.0. The van der Waals surface area contributed by atoms with Crippen molar-refractivity contribution in [1.29, 1.82) is 0 Å². The maximum atomic E-state index is 12.9. The molecule has 0 spiro atoms. The second-order valence-corrected chi connectivity index (χ2v) is 6.20. The van der Waals surface area contributed by atoms with Gasteiger partial charge in [-0.15, -0.1) is 0 Å². The van der Waals surface area contributed by atoms with Crippen LogP contribution in [0, 0.1) is 6.92 Å². The maximum Gasteiger partial charge on any atom is 0.306 e. The van der Waals surface area contributed by atoms with Crippen LogP contribution < -0.4 is 0 Å². The lowest BCUT2D eigenvalue weighted by Gasteiger charge is -2.32. The summed E-state index contributed by atoms with van der Waals surface area (Å²) >= 11 is 6.43. The van der Waals surface area contributed by atoms with Gasteiger partial charge in [0.05, 0.1) is 36.1 Å². The third-order valence-electron chi connectivity index (χ3n) is 4.05. The molecule has 7 nitrogen and oxygen atoms in total. The van der Waals surface area contributed by atoms with E-state index in [-0.39, 0.29) is 24.0 Å². The molecular weight excluding hydrogens is 346 g/mol. The number of hydrogen-bond acceptors (Lipinski definition) is 4. The number of para-hydroxylation sites is 1. The van der Waals surface area contributed by atoms with Crippen molar-refractivity contribution in [3.8, 4) is 5.69 Å². The minimum absolute atomic E-state index is 0.139. The van der Waals surface area contributed by atoms with Crippen LogP contribution in [0.15, 0.2) is 30.3 Å². The predicted octanol–water partition coefficient (Wildman–Crippen LogP) is 2.15. The van der Waals surface area contributed by atoms with E-state index in [1.165, 1.54) is 4.68 Å². The van der Waals surface area contributed by atoms with Crippen molar-refractivity contribution in [3.63, 3.8) is 0 Å². The molecule has 1 fully saturated rings. The van der Waals surface area contributed by atoms with E-state index in [2.05, 4.69) is 5.10 Å². The number of aryl methyl sites for hydroxylation is 1. The van der Waals surface area contributed by atoms with Crippen LogP contribution in [-0.2, 0) is 9.53 Å². The first kappa shape index (κ1) is 17.4. The average Bonchev–Trinajstić information content (AvgIpc) is 2.89. The molecule has 1 saturated heterocycles. The van der Waals surface area contributed by atoms with Crippen molar-refractivity contribution >= 4 is 23.5 Å². The van der Waals surface area contributed by atoms with Crippen molar-refractivity contribution in [2.75, 3.05) is 19.7 Å². The number of carbonyl (C=O) groups excluding carboxylic acids is 1. The number of rotatable bonds is 4. The maximum absolute atomic E-state index is 12.9. The van der Waals surface area contributed by atoms with Gasteiger partial charge in [-0.1, -0.05) is 29.8 Å². The summed E-state index contributed by atoms with van der Waals surface area (Å²) < 4.78 is 6.94. The molecule has 0 aliphatic carbocycles. The second kappa shape index (κ2) is 7.25. The normalized spacial score (nSPS) is 17.5. The van der Waals surface area contributed by atoms with Gasteiger partial charge in [-0.2, -0.15) is 5.10 Å². The van der Waals surface area contributed by atoms with Crippen LogP contribution in [-0.4, -0.2) is 57.5 Å². The smallest absolute Gasteiger partial charge is 0.306 e. The third-order valence-corrected chi connectivity index (χ3v) is 4.40. The summed E-state index contributed by atoms with van der Waals surface area (Å²) in [6, 6.07) is 9.32. The van der Waals surface area contributed by atoms with E-state index >= 15 is 0 Å². The first-order valence-corrected chi connectivity index (χ1v) is 8.28. The number of morpholine rings is 1. The summed E-state index contributed by atoms with van der Waals surface area (Å²) in [7, 11) is 0. The van der Waals surface area contributed by atoms with Crippen molar-refractivity contribution < 1.29 is 19.4 Å². The van der Waals surface area contributed by atoms with E-state index < -0.39 is 12.1 Å². The first-order valence-electron chi connectivity index (χ1n) is 7.90. The fourth-order valence-corrected chi connectivity index (χ4v) is 3.22. The molecule has 25 heavy (non-hydrogen) atoms. The van der Waals surface area contributed by atoms with E-state index in [9.17, 15) is 9.59 Å². The Morgan fingerprint density at radius 3 is 2.76 bits per heavy atom. The summed E-state index contributed by atoms with van der Waals surface area (Å²) in [5.74, 6) is -1.21. The molecule has 2 aromatic rings. The number of ether oxygens (including phenoxy) is 1. The zero-order valence-electron chi connectivity index (χ0n) is 13.7. The van der Waals surface area contributed by atoms with Gasteiger partial charge in [0.2, 0.25) is 0 Å². The Morgan fingerprint density at radius 2 is 2.08 bits per heavy atom. The molecule has 1 unspecified atom stereocenters. The van der Waals surface area contributed by atoms with Crippen molar-refractivity contribution in [2.45, 2.75) is 19.4 Å². The van der Waals surface area contributed by atoms with E-state index in [0.717, 1.165) is 5.69 Å². The Hall–Kier alpha value is -2.38. The van der Waals surface area contributed by atoms with Crippen molar-refractivity contribution in [3.05, 3.63) is 46.7 Å². The third kappa shape index (κ3) is 3.67. The number of carbonyl (C=O) groups is 2. The van der Waals surface area contributed by atoms with Crippen molar-refractivity contribution in [1.82, 2.24) is 14.7 Å². The van der Waals surface area contributed by atoms with E-state index in [1.54, 1.807) is 11.8 Å². The predicted molar refractivity (Wildman–Crippen MR) is 91.2 cm³/mol. The van der Waals surface area contributed by atoms with Crippen LogP contribution in [0.3, 0.4) is 0 Å². The Bertz CT molecular complexity index is 791. The summed E-state index contributed by atoms with van der Waals surface area (Å²) in [5.41, 5.74) is 1.63. The summed E-state index contributed by atoms with van der Waals surface area (Å²) in [5, 5.41) is 13.5. The number of nitrogens with zero attached hydrogens (tertiary/aromatic N) is 3. The van der Waals surface area contributed by atoms with E-state index in [0.29, 0.717) is 24.4 Å². The highest BCUT2D eigenvalue weighted by Crippen LogP contribution is 2.25. The fourth-order valence-electron chi connectivity index (χ4n) is 2.86. The lowest BCUT2D eigenvalue weighted by Crippen LogP contribution is -2.46. The monoisotopic (exact) mass is 363 g/mol. The molecule has 1 N–H and O–H groups in total. The summed E-state index contributed by atoms with van der Waals surface area (Å²) in [6.07, 6.45) is -0.654. The number of carboxylic acids is 1. The van der Waals surface area contributed by atoms with E-state index in [1.807, 2.05) is 30.3 Å². The first-order chi connectivity index (χ1) is 12.0. The zero-order valence-corrected chi connectivity index (χ0v) is 14.4. The Labute approximate surface area is 149 Å². The molecule has 8 heteroatoms. The molecule has 2 heterocycles. The van der Waals surface area contributed by atoms with Gasteiger partial charge in [0.1, 0.15) is 5.15 Å². The fraction of sp³-hybridized carbons (Fsp3) is 0.353. The topological polar surface area (TPSA) is 84.7 Å². The molecule has 1 atom stereocenters. The molecule has 0 bridgehead atoms. The van der Waals surface area contributed by atoms with Crippen LogP contribution in [0.4, 0.5) is 0 Å². The number of carboxylic acid groups (broad SMARTS) is 1. The molecular formula is C17H18ClN3O4. The molecule has 1 aromatic carbocycles. The lowest BCUT2D eigenvalue weighted by atomic mass is 10.1. The summed E-state index contributed by atoms with van der Waals surface area (Å²) in [4.78, 5) is 25.3. The number of aliphatic carboxylic acids is 1. The van der Waals surface area contributed by atoms with Gasteiger partial charge in [0, 0.05) is 13.1 Å². The quantitative estimate of drug-likeness (QED) is 0.899. The number of hydrogen-bond donors (Lipinski definition) is 1. The minimum atomic E-state index is -0.953. The van der Waals surface area contributed by atoms with Gasteiger partial charge in [-0.05, 0) is 19.1 Å². The highest BCUT2D eigenvalue weighted by molar-refractivity contribution is 6.33. The van der Waals surface area contributed by atoms with Gasteiger partial charge in [0.25, 0.3) is 5.91 Å². The molecule has 132 valence electrons. The van der Waals surface area contributed by atoms with Gasteiger partial charge < -0.3 is 14.7 Å². The van der Waals surface area contributed by atoms with Crippen LogP contribution in [0.2, 0.25) is 5.15 Å². The van der Waals surface area contributed by atoms with Crippen LogP contribution >= 0.6 is 11.6 Å². The SMILES string of the molecule is Cc1nn(-c2ccccc2)c(Cl)c1C(=O)N1CCOC(CC(=O)O)C1. The second-order valence-electron chi connectivity index (χ2n) is 5.84. The van der Waals surface area contributed by atoms with Crippen LogP contribution in [0.25, 0.3) is 5.69 Å². The van der Waals surface area contributed by atoms with Crippen LogP contribution in [0.1, 0.15) is 22.5 Å². The number of benzene rings is 1. The lowest BCUT2D eigenvalue weighted by molar-refractivity contribution is -0.141. The molecule has 1 aliphatic rings. The molecule has 0 saturated carbocycles. The van der Waals surface area contributed by atoms with E-state index in [4.69, 9.17) is 21.4 Å². The number of halogens is 1. The molecule has 1 aromatic heterocycles. The van der Waals surface area contributed by atoms with Gasteiger partial charge >= 0.3 is 5.97 Å². The van der Waals surface area contributed by atoms with Gasteiger partial charge in [0.15, 0.2) is 0 Å². The number of amides is 1. The van der Waals surface area contributed by atoms with Gasteiger partial charge in [-0.3, -0.25) is 9.59 Å². The van der Waals surface area contributed by atoms with Crippen molar-refractivity contribution in [2.24, 2.45) is 0 Å². The largest absolute Gasteiger partial charge is 0.481 e. The molecule has 1 amide bonds. The Kier molecular flexibility index (Phi) is 5.06. The summed E-state index contributed by atoms with van der Waals surface area (Å²) in [6.45, 7) is 2.64. The molecule has 3 rings (SSSR count). The average molecular weight is 364 g/mol. The highest BCUT2D eigenvalue weighted by Gasteiger charge is 2.30. The van der Waals surface area contributed by atoms with Gasteiger partial charge in [-0.25, -0.2) is 4.68 Å². The highest BCUT2D eigenvalue weighted by atomic mass is 35.5. The Balaban J connectivity index is 1.85. The molecule has 1 aliphatic heterocycles.